The van der Waals surface area contributed by atoms with Gasteiger partial charge in [-0.1, -0.05) is 31.2 Å². The van der Waals surface area contributed by atoms with Crippen LogP contribution in [0.4, 0.5) is 9.18 Å². The zero-order chi connectivity index (χ0) is 23.5. The molecule has 1 heterocycles. The monoisotopic (exact) mass is 443 g/mol. The minimum Gasteiger partial charge on any atom is -0.493 e. The molecule has 0 bridgehead atoms. The Morgan fingerprint density at radius 2 is 1.81 bits per heavy atom. The third-order valence-electron chi connectivity index (χ3n) is 5.65. The number of para-hydroxylation sites is 1. The molecule has 1 N–H and O–H groups in total. The van der Waals surface area contributed by atoms with Crippen molar-refractivity contribution in [2.24, 2.45) is 0 Å². The highest BCUT2D eigenvalue weighted by molar-refractivity contribution is 6.09. The second-order valence-corrected chi connectivity index (χ2v) is 7.49. The molecule has 0 aliphatic carbocycles. The number of likely N-dealkylation sites (N-methyl/N-ethyl adjacent to an activating group) is 1. The van der Waals surface area contributed by atoms with E-state index < -0.39 is 35.7 Å². The number of imide groups is 1. The van der Waals surface area contributed by atoms with E-state index in [1.807, 2.05) is 0 Å². The molecule has 170 valence electrons. The van der Waals surface area contributed by atoms with E-state index in [1.54, 1.807) is 32.2 Å². The molecule has 1 atom stereocenters. The van der Waals surface area contributed by atoms with E-state index in [0.717, 1.165) is 4.90 Å². The first-order valence-corrected chi connectivity index (χ1v) is 10.1. The van der Waals surface area contributed by atoms with Crippen LogP contribution < -0.4 is 14.8 Å². The Balaban J connectivity index is 1.77. The summed E-state index contributed by atoms with van der Waals surface area (Å²) in [7, 11) is 4.61. The number of hydrogen-bond donors (Lipinski definition) is 1. The fraction of sp³-hybridized carbons (Fsp3) is 0.348. The van der Waals surface area contributed by atoms with Crippen LogP contribution in [0.3, 0.4) is 0 Å². The molecule has 1 fully saturated rings. The van der Waals surface area contributed by atoms with Gasteiger partial charge in [0.05, 0.1) is 14.2 Å². The van der Waals surface area contributed by atoms with Crippen LogP contribution in [0.5, 0.6) is 11.5 Å². The molecular weight excluding hydrogens is 417 g/mol. The van der Waals surface area contributed by atoms with E-state index in [-0.39, 0.29) is 13.0 Å². The smallest absolute Gasteiger partial charge is 0.325 e. The average molecular weight is 443 g/mol. The molecule has 9 heteroatoms. The summed E-state index contributed by atoms with van der Waals surface area (Å²) >= 11 is 0. The zero-order valence-electron chi connectivity index (χ0n) is 18.5. The van der Waals surface area contributed by atoms with Gasteiger partial charge in [0.1, 0.15) is 17.9 Å². The number of nitrogens with one attached hydrogen (secondary N) is 1. The number of amides is 4. The van der Waals surface area contributed by atoms with E-state index in [9.17, 15) is 18.8 Å². The fourth-order valence-electron chi connectivity index (χ4n) is 3.82. The Labute approximate surface area is 185 Å². The molecule has 1 unspecified atom stereocenters. The fourth-order valence-corrected chi connectivity index (χ4v) is 3.82. The highest BCUT2D eigenvalue weighted by Gasteiger charge is 2.51. The molecule has 0 saturated carbocycles. The van der Waals surface area contributed by atoms with Crippen molar-refractivity contribution in [2.45, 2.75) is 25.4 Å². The molecule has 1 aliphatic heterocycles. The maximum Gasteiger partial charge on any atom is 0.325 e. The van der Waals surface area contributed by atoms with Gasteiger partial charge in [0.2, 0.25) is 5.91 Å². The Kier molecular flexibility index (Phi) is 6.67. The number of carbonyl (C=O) groups excluding carboxylic acids is 3. The third-order valence-corrected chi connectivity index (χ3v) is 5.65. The van der Waals surface area contributed by atoms with E-state index in [0.29, 0.717) is 22.6 Å². The molecule has 1 saturated heterocycles. The lowest BCUT2D eigenvalue weighted by Gasteiger charge is -2.26. The SMILES string of the molecule is CCC1(c2ccc(F)cc2)NC(=O)N(CC(=O)N(C)Cc2cccc(OC)c2OC)C1=O. The van der Waals surface area contributed by atoms with E-state index in [4.69, 9.17) is 9.47 Å². The number of hydrogen-bond acceptors (Lipinski definition) is 5. The largest absolute Gasteiger partial charge is 0.493 e. The second-order valence-electron chi connectivity index (χ2n) is 7.49. The summed E-state index contributed by atoms with van der Waals surface area (Å²) in [5.74, 6) is -0.377. The van der Waals surface area contributed by atoms with Gasteiger partial charge in [-0.15, -0.1) is 0 Å². The zero-order valence-corrected chi connectivity index (χ0v) is 18.5. The van der Waals surface area contributed by atoms with Gasteiger partial charge in [-0.25, -0.2) is 9.18 Å². The van der Waals surface area contributed by atoms with Gasteiger partial charge in [-0.05, 0) is 30.2 Å². The minimum absolute atomic E-state index is 0.194. The average Bonchev–Trinajstić information content (AvgIpc) is 3.04. The van der Waals surface area contributed by atoms with Crippen LogP contribution in [0.15, 0.2) is 42.5 Å². The normalized spacial score (nSPS) is 17.8. The number of nitrogens with zero attached hydrogens (tertiary/aromatic N) is 2. The summed E-state index contributed by atoms with van der Waals surface area (Å²) in [6.07, 6.45) is 0.255. The first-order valence-electron chi connectivity index (χ1n) is 10.1. The van der Waals surface area contributed by atoms with Gasteiger partial charge in [0.25, 0.3) is 5.91 Å². The van der Waals surface area contributed by atoms with Crippen LogP contribution in [0.1, 0.15) is 24.5 Å². The summed E-state index contributed by atoms with van der Waals surface area (Å²) in [6.45, 7) is 1.52. The van der Waals surface area contributed by atoms with E-state index in [2.05, 4.69) is 5.32 Å². The molecule has 4 amide bonds. The summed E-state index contributed by atoms with van der Waals surface area (Å²) in [5, 5.41) is 2.69. The first-order chi connectivity index (χ1) is 15.3. The van der Waals surface area contributed by atoms with Crippen molar-refractivity contribution in [1.82, 2.24) is 15.1 Å². The highest BCUT2D eigenvalue weighted by atomic mass is 19.1. The van der Waals surface area contributed by atoms with Gasteiger partial charge in [-0.2, -0.15) is 0 Å². The maximum absolute atomic E-state index is 13.3. The Bertz CT molecular complexity index is 1030. The van der Waals surface area contributed by atoms with E-state index >= 15 is 0 Å². The number of halogens is 1. The number of rotatable bonds is 8. The van der Waals surface area contributed by atoms with Crippen molar-refractivity contribution < 1.29 is 28.2 Å². The predicted molar refractivity (Wildman–Crippen MR) is 115 cm³/mol. The molecule has 0 spiro atoms. The van der Waals surface area contributed by atoms with Crippen LogP contribution in [0, 0.1) is 5.82 Å². The highest BCUT2D eigenvalue weighted by Crippen LogP contribution is 2.33. The topological polar surface area (TPSA) is 88.2 Å². The summed E-state index contributed by atoms with van der Waals surface area (Å²) in [5.41, 5.74) is -0.155. The van der Waals surface area contributed by atoms with Crippen molar-refractivity contribution >= 4 is 17.8 Å². The van der Waals surface area contributed by atoms with E-state index in [1.165, 1.54) is 43.4 Å². The van der Waals surface area contributed by atoms with Crippen LogP contribution in [-0.4, -0.2) is 55.5 Å². The lowest BCUT2D eigenvalue weighted by atomic mass is 9.87. The lowest BCUT2D eigenvalue weighted by molar-refractivity contribution is -0.138. The summed E-state index contributed by atoms with van der Waals surface area (Å²) < 4.78 is 24.0. The molecule has 0 aromatic heterocycles. The second kappa shape index (κ2) is 9.25. The maximum atomic E-state index is 13.3. The molecule has 3 rings (SSSR count). The Morgan fingerprint density at radius 1 is 1.12 bits per heavy atom. The Hall–Kier alpha value is -3.62. The van der Waals surface area contributed by atoms with Gasteiger partial charge in [0.15, 0.2) is 11.5 Å². The molecule has 2 aromatic carbocycles. The third kappa shape index (κ3) is 4.10. The number of carbonyl (C=O) groups is 3. The number of benzene rings is 2. The lowest BCUT2D eigenvalue weighted by Crippen LogP contribution is -2.45. The minimum atomic E-state index is -1.33. The van der Waals surface area contributed by atoms with Crippen molar-refractivity contribution in [3.63, 3.8) is 0 Å². The first kappa shape index (κ1) is 23.1. The van der Waals surface area contributed by atoms with Crippen molar-refractivity contribution in [3.8, 4) is 11.5 Å². The number of methoxy groups -OCH3 is 2. The molecular formula is C23H26FN3O5. The standard InChI is InChI=1S/C23H26FN3O5/c1-5-23(16-9-11-17(24)12-10-16)21(29)27(22(30)25-23)14-19(28)26(2)13-15-7-6-8-18(31-3)20(15)32-4/h6-12H,5,13-14H2,1-4H3,(H,25,30). The van der Waals surface area contributed by atoms with Crippen LogP contribution in [0.2, 0.25) is 0 Å². The predicted octanol–water partition coefficient (Wildman–Crippen LogP) is 2.66. The van der Waals surface area contributed by atoms with Crippen molar-refractivity contribution in [1.29, 1.82) is 0 Å². The molecule has 1 aliphatic rings. The van der Waals surface area contributed by atoms with Gasteiger partial charge >= 0.3 is 6.03 Å². The molecule has 0 radical (unpaired) electrons. The number of ether oxygens (including phenoxy) is 2. The van der Waals surface area contributed by atoms with Crippen LogP contribution in [0.25, 0.3) is 0 Å². The molecule has 8 nitrogen and oxygen atoms in total. The van der Waals surface area contributed by atoms with Gasteiger partial charge in [-0.3, -0.25) is 14.5 Å². The van der Waals surface area contributed by atoms with Crippen molar-refractivity contribution in [3.05, 3.63) is 59.4 Å². The quantitative estimate of drug-likeness (QED) is 0.634. The molecule has 2 aromatic rings. The van der Waals surface area contributed by atoms with Gasteiger partial charge in [0, 0.05) is 19.2 Å². The summed E-state index contributed by atoms with van der Waals surface area (Å²) in [6, 6.07) is 10.1. The molecule has 32 heavy (non-hydrogen) atoms. The number of urea groups is 1. The van der Waals surface area contributed by atoms with Crippen LogP contribution in [-0.2, 0) is 21.7 Å². The van der Waals surface area contributed by atoms with Crippen molar-refractivity contribution in [2.75, 3.05) is 27.8 Å². The Morgan fingerprint density at radius 3 is 2.41 bits per heavy atom. The summed E-state index contributed by atoms with van der Waals surface area (Å²) in [4.78, 5) is 41.0. The van der Waals surface area contributed by atoms with Crippen LogP contribution >= 0.6 is 0 Å². The van der Waals surface area contributed by atoms with Gasteiger partial charge < -0.3 is 19.7 Å².